The van der Waals surface area contributed by atoms with E-state index in [1.807, 2.05) is 18.2 Å². The number of amides is 2. The van der Waals surface area contributed by atoms with Gasteiger partial charge in [0.25, 0.3) is 0 Å². The Kier molecular flexibility index (Phi) is 3.54. The summed E-state index contributed by atoms with van der Waals surface area (Å²) in [5.41, 5.74) is -0.958. The number of hydrogen-bond donors (Lipinski definition) is 1. The first-order valence-electron chi connectivity index (χ1n) is 6.54. The van der Waals surface area contributed by atoms with Crippen LogP contribution in [0.25, 0.3) is 0 Å². The van der Waals surface area contributed by atoms with Crippen molar-refractivity contribution in [2.45, 2.75) is 45.3 Å². The van der Waals surface area contributed by atoms with Crippen molar-refractivity contribution in [1.82, 2.24) is 10.2 Å². The van der Waals surface area contributed by atoms with Gasteiger partial charge in [-0.25, -0.2) is 0 Å². The van der Waals surface area contributed by atoms with E-state index in [2.05, 4.69) is 5.32 Å². The maximum Gasteiger partial charge on any atom is 0.248 e. The van der Waals surface area contributed by atoms with Gasteiger partial charge >= 0.3 is 0 Å². The molecular weight excluding hydrogens is 276 g/mol. The van der Waals surface area contributed by atoms with Gasteiger partial charge in [-0.3, -0.25) is 9.59 Å². The summed E-state index contributed by atoms with van der Waals surface area (Å²) in [6, 6.07) is 7.36. The maximum atomic E-state index is 12.6. The molecule has 1 aromatic carbocycles. The van der Waals surface area contributed by atoms with Crippen LogP contribution in [0, 0.1) is 0 Å². The van der Waals surface area contributed by atoms with Gasteiger partial charge in [-0.2, -0.15) is 0 Å². The molecule has 1 saturated heterocycles. The highest BCUT2D eigenvalue weighted by atomic mass is 35.5. The lowest BCUT2D eigenvalue weighted by Gasteiger charge is -2.47. The van der Waals surface area contributed by atoms with Crippen LogP contribution >= 0.6 is 11.6 Å². The van der Waals surface area contributed by atoms with Crippen molar-refractivity contribution in [2.24, 2.45) is 0 Å². The van der Waals surface area contributed by atoms with Crippen LogP contribution in [0.5, 0.6) is 0 Å². The van der Waals surface area contributed by atoms with Crippen molar-refractivity contribution in [3.8, 4) is 0 Å². The molecule has 0 unspecified atom stereocenters. The molecule has 1 heterocycles. The topological polar surface area (TPSA) is 49.4 Å². The highest BCUT2D eigenvalue weighted by Crippen LogP contribution is 2.29. The zero-order chi connectivity index (χ0) is 15.1. The van der Waals surface area contributed by atoms with E-state index in [1.165, 1.54) is 0 Å². The summed E-state index contributed by atoms with van der Waals surface area (Å²) in [7, 11) is 0. The van der Waals surface area contributed by atoms with E-state index in [-0.39, 0.29) is 11.8 Å². The van der Waals surface area contributed by atoms with E-state index >= 15 is 0 Å². The van der Waals surface area contributed by atoms with Crippen LogP contribution in [-0.2, 0) is 16.1 Å². The lowest BCUT2D eigenvalue weighted by molar-refractivity contribution is -0.160. The van der Waals surface area contributed by atoms with Gasteiger partial charge in [0.15, 0.2) is 0 Å². The second-order valence-electron chi connectivity index (χ2n) is 6.12. The number of piperazine rings is 1. The van der Waals surface area contributed by atoms with Gasteiger partial charge in [0.1, 0.15) is 11.1 Å². The van der Waals surface area contributed by atoms with Crippen molar-refractivity contribution in [2.75, 3.05) is 0 Å². The van der Waals surface area contributed by atoms with Gasteiger partial charge < -0.3 is 10.2 Å². The average Bonchev–Trinajstić information content (AvgIpc) is 2.34. The molecule has 1 aromatic rings. The van der Waals surface area contributed by atoms with E-state index in [0.29, 0.717) is 11.6 Å². The molecule has 20 heavy (non-hydrogen) atoms. The Balaban J connectivity index is 2.39. The molecular formula is C15H19ClN2O2. The molecule has 0 aliphatic carbocycles. The first-order chi connectivity index (χ1) is 9.16. The molecule has 0 bridgehead atoms. The Labute approximate surface area is 124 Å². The second kappa shape index (κ2) is 4.77. The monoisotopic (exact) mass is 294 g/mol. The Morgan fingerprint density at radius 1 is 1.15 bits per heavy atom. The van der Waals surface area contributed by atoms with Gasteiger partial charge in [0.2, 0.25) is 11.8 Å². The molecule has 0 spiro atoms. The summed E-state index contributed by atoms with van der Waals surface area (Å²) >= 11 is 6.15. The third-order valence-corrected chi connectivity index (χ3v) is 4.09. The number of nitrogens with zero attached hydrogens (tertiary/aromatic N) is 1. The van der Waals surface area contributed by atoms with E-state index in [9.17, 15) is 9.59 Å². The predicted molar refractivity (Wildman–Crippen MR) is 78.3 cm³/mol. The fraction of sp³-hybridized carbons (Fsp3) is 0.467. The first kappa shape index (κ1) is 14.9. The number of carbonyl (C=O) groups is 2. The molecule has 2 rings (SSSR count). The van der Waals surface area contributed by atoms with Crippen LogP contribution in [0.1, 0.15) is 33.3 Å². The van der Waals surface area contributed by atoms with Crippen molar-refractivity contribution in [1.29, 1.82) is 0 Å². The number of benzene rings is 1. The molecule has 4 nitrogen and oxygen atoms in total. The van der Waals surface area contributed by atoms with Crippen LogP contribution in [0.2, 0.25) is 5.02 Å². The predicted octanol–water partition coefficient (Wildman–Crippen LogP) is 2.36. The molecule has 5 heteroatoms. The summed E-state index contributed by atoms with van der Waals surface area (Å²) in [5, 5.41) is 3.36. The van der Waals surface area contributed by atoms with Crippen molar-refractivity contribution < 1.29 is 9.59 Å². The van der Waals surface area contributed by atoms with Crippen LogP contribution in [0.4, 0.5) is 0 Å². The Hall–Kier alpha value is -1.55. The summed E-state index contributed by atoms with van der Waals surface area (Å²) in [5.74, 6) is -0.267. The molecule has 0 aromatic heterocycles. The Bertz CT molecular complexity index is 567. The summed E-state index contributed by atoms with van der Waals surface area (Å²) in [6.07, 6.45) is 0. The highest BCUT2D eigenvalue weighted by molar-refractivity contribution is 6.31. The molecule has 2 amide bonds. The number of nitrogens with one attached hydrogen (secondary N) is 1. The third-order valence-electron chi connectivity index (χ3n) is 3.72. The molecule has 1 N–H and O–H groups in total. The average molecular weight is 295 g/mol. The molecule has 1 aliphatic heterocycles. The molecule has 108 valence electrons. The van der Waals surface area contributed by atoms with Gasteiger partial charge in [-0.1, -0.05) is 29.8 Å². The van der Waals surface area contributed by atoms with Crippen LogP contribution in [-0.4, -0.2) is 27.8 Å². The summed E-state index contributed by atoms with van der Waals surface area (Å²) in [6.45, 7) is 7.23. The smallest absolute Gasteiger partial charge is 0.248 e. The fourth-order valence-corrected chi connectivity index (χ4v) is 2.47. The summed E-state index contributed by atoms with van der Waals surface area (Å²) < 4.78 is 0. The SMILES string of the molecule is CC1(C)NC(=O)C(C)(C)N(Cc2ccccc2Cl)C1=O. The van der Waals surface area contributed by atoms with E-state index in [4.69, 9.17) is 11.6 Å². The largest absolute Gasteiger partial charge is 0.340 e. The number of rotatable bonds is 2. The zero-order valence-corrected chi connectivity index (χ0v) is 12.9. The lowest BCUT2D eigenvalue weighted by atomic mass is 9.89. The second-order valence-corrected chi connectivity index (χ2v) is 6.53. The standard InChI is InChI=1S/C15H19ClN2O2/c1-14(2)13(20)18(15(3,4)12(19)17-14)9-10-7-5-6-8-11(10)16/h5-8H,9H2,1-4H3,(H,17,19). The van der Waals surface area contributed by atoms with E-state index in [1.54, 1.807) is 38.7 Å². The summed E-state index contributed by atoms with van der Waals surface area (Å²) in [4.78, 5) is 26.4. The molecule has 0 saturated carbocycles. The van der Waals surface area contributed by atoms with Gasteiger partial charge in [0.05, 0.1) is 0 Å². The fourth-order valence-electron chi connectivity index (χ4n) is 2.27. The maximum absolute atomic E-state index is 12.6. The number of carbonyl (C=O) groups excluding carboxylic acids is 2. The molecule has 0 radical (unpaired) electrons. The van der Waals surface area contributed by atoms with Crippen molar-refractivity contribution >= 4 is 23.4 Å². The minimum absolute atomic E-state index is 0.109. The van der Waals surface area contributed by atoms with Crippen molar-refractivity contribution in [3.63, 3.8) is 0 Å². The number of hydrogen-bond acceptors (Lipinski definition) is 2. The zero-order valence-electron chi connectivity index (χ0n) is 12.2. The highest BCUT2D eigenvalue weighted by Gasteiger charge is 2.49. The minimum atomic E-state index is -0.897. The molecule has 1 fully saturated rings. The van der Waals surface area contributed by atoms with Crippen LogP contribution in [0.15, 0.2) is 24.3 Å². The minimum Gasteiger partial charge on any atom is -0.340 e. The lowest BCUT2D eigenvalue weighted by Crippen LogP contribution is -2.71. The van der Waals surface area contributed by atoms with Gasteiger partial charge in [-0.05, 0) is 39.3 Å². The third kappa shape index (κ3) is 2.40. The van der Waals surface area contributed by atoms with Gasteiger partial charge in [-0.15, -0.1) is 0 Å². The Morgan fingerprint density at radius 2 is 1.75 bits per heavy atom. The van der Waals surface area contributed by atoms with E-state index in [0.717, 1.165) is 5.56 Å². The van der Waals surface area contributed by atoms with Gasteiger partial charge in [0, 0.05) is 11.6 Å². The normalized spacial score (nSPS) is 20.8. The number of halogens is 1. The Morgan fingerprint density at radius 3 is 2.35 bits per heavy atom. The van der Waals surface area contributed by atoms with Crippen LogP contribution in [0.3, 0.4) is 0 Å². The van der Waals surface area contributed by atoms with Crippen molar-refractivity contribution in [3.05, 3.63) is 34.9 Å². The quantitative estimate of drug-likeness (QED) is 0.910. The van der Waals surface area contributed by atoms with E-state index < -0.39 is 11.1 Å². The van der Waals surface area contributed by atoms with Crippen LogP contribution < -0.4 is 5.32 Å². The molecule has 0 atom stereocenters. The first-order valence-corrected chi connectivity index (χ1v) is 6.92. The molecule has 1 aliphatic rings.